The highest BCUT2D eigenvalue weighted by Gasteiger charge is 2.09. The van der Waals surface area contributed by atoms with E-state index in [9.17, 15) is 0 Å². The molecule has 0 aliphatic carbocycles. The molecule has 1 heterocycles. The molecule has 1 aromatic carbocycles. The molecule has 0 unspecified atom stereocenters. The van der Waals surface area contributed by atoms with E-state index in [0.29, 0.717) is 6.04 Å². The number of nitrogens with zero attached hydrogens (tertiary/aromatic N) is 1. The zero-order chi connectivity index (χ0) is 13.8. The predicted molar refractivity (Wildman–Crippen MR) is 81.5 cm³/mol. The van der Waals surface area contributed by atoms with Crippen molar-refractivity contribution in [2.24, 2.45) is 0 Å². The van der Waals surface area contributed by atoms with Gasteiger partial charge in [0.05, 0.1) is 0 Å². The first-order valence-electron chi connectivity index (χ1n) is 6.12. The molecular formula is C15H15ClN2S. The first-order chi connectivity index (χ1) is 9.10. The molecule has 0 aliphatic rings. The Bertz CT molecular complexity index is 611. The van der Waals surface area contributed by atoms with Crippen LogP contribution in [0.4, 0.5) is 0 Å². The van der Waals surface area contributed by atoms with Gasteiger partial charge in [-0.05, 0) is 35.4 Å². The summed E-state index contributed by atoms with van der Waals surface area (Å²) in [5.41, 5.74) is 2.30. The third-order valence-corrected chi connectivity index (χ3v) is 4.01. The molecule has 0 saturated carbocycles. The topological polar surface area (TPSA) is 35.8 Å². The van der Waals surface area contributed by atoms with Crippen molar-refractivity contribution in [3.63, 3.8) is 0 Å². The predicted octanol–water partition coefficient (Wildman–Crippen LogP) is 4.44. The van der Waals surface area contributed by atoms with Gasteiger partial charge in [0, 0.05) is 22.5 Å². The number of nitrogens with one attached hydrogen (secondary N) is 1. The number of hydrogen-bond donors (Lipinski definition) is 1. The Morgan fingerprint density at radius 1 is 1.32 bits per heavy atom. The van der Waals surface area contributed by atoms with Crippen molar-refractivity contribution in [2.45, 2.75) is 26.4 Å². The van der Waals surface area contributed by atoms with Crippen molar-refractivity contribution in [1.29, 1.82) is 5.26 Å². The SMILES string of the molecule is CC(C)NCc1ccc(Cl)cc1-c1ccc(C#N)s1. The van der Waals surface area contributed by atoms with E-state index in [1.807, 2.05) is 30.3 Å². The van der Waals surface area contributed by atoms with E-state index >= 15 is 0 Å². The lowest BCUT2D eigenvalue weighted by atomic mass is 10.1. The van der Waals surface area contributed by atoms with E-state index in [0.717, 1.165) is 26.9 Å². The number of halogens is 1. The molecule has 98 valence electrons. The van der Waals surface area contributed by atoms with E-state index < -0.39 is 0 Å². The molecule has 0 saturated heterocycles. The van der Waals surface area contributed by atoms with Crippen molar-refractivity contribution in [2.75, 3.05) is 0 Å². The number of nitriles is 1. The van der Waals surface area contributed by atoms with Crippen molar-refractivity contribution < 1.29 is 0 Å². The maximum atomic E-state index is 8.92. The second kappa shape index (κ2) is 6.21. The van der Waals surface area contributed by atoms with E-state index in [2.05, 4.69) is 25.2 Å². The molecule has 1 N–H and O–H groups in total. The molecule has 0 aliphatic heterocycles. The van der Waals surface area contributed by atoms with Crippen molar-refractivity contribution >= 4 is 22.9 Å². The zero-order valence-corrected chi connectivity index (χ0v) is 12.5. The van der Waals surface area contributed by atoms with Gasteiger partial charge >= 0.3 is 0 Å². The van der Waals surface area contributed by atoms with Crippen molar-refractivity contribution in [3.05, 3.63) is 45.8 Å². The van der Waals surface area contributed by atoms with Crippen LogP contribution in [0.1, 0.15) is 24.3 Å². The second-order valence-electron chi connectivity index (χ2n) is 4.61. The lowest BCUT2D eigenvalue weighted by Crippen LogP contribution is -2.22. The number of rotatable bonds is 4. The van der Waals surface area contributed by atoms with Gasteiger partial charge in [-0.15, -0.1) is 11.3 Å². The van der Waals surface area contributed by atoms with Gasteiger partial charge in [0.2, 0.25) is 0 Å². The Morgan fingerprint density at radius 2 is 2.11 bits per heavy atom. The Hall–Kier alpha value is -1.34. The average molecular weight is 291 g/mol. The highest BCUT2D eigenvalue weighted by atomic mass is 35.5. The molecule has 0 bridgehead atoms. The summed E-state index contributed by atoms with van der Waals surface area (Å²) in [6.07, 6.45) is 0. The first kappa shape index (κ1) is 14.1. The maximum absolute atomic E-state index is 8.92. The van der Waals surface area contributed by atoms with Crippen LogP contribution < -0.4 is 5.32 Å². The smallest absolute Gasteiger partial charge is 0.110 e. The van der Waals surface area contributed by atoms with Crippen LogP contribution in [-0.4, -0.2) is 6.04 Å². The molecule has 0 radical (unpaired) electrons. The fourth-order valence-corrected chi connectivity index (χ4v) is 2.82. The molecular weight excluding hydrogens is 276 g/mol. The fraction of sp³-hybridized carbons (Fsp3) is 0.267. The number of thiophene rings is 1. The molecule has 0 atom stereocenters. The first-order valence-corrected chi connectivity index (χ1v) is 7.31. The van der Waals surface area contributed by atoms with E-state index in [-0.39, 0.29) is 0 Å². The minimum absolute atomic E-state index is 0.432. The maximum Gasteiger partial charge on any atom is 0.110 e. The summed E-state index contributed by atoms with van der Waals surface area (Å²) in [5.74, 6) is 0. The van der Waals surface area contributed by atoms with Crippen molar-refractivity contribution in [1.82, 2.24) is 5.32 Å². The Labute approximate surface area is 122 Å². The zero-order valence-electron chi connectivity index (χ0n) is 10.9. The summed E-state index contributed by atoms with van der Waals surface area (Å²) >= 11 is 7.58. The highest BCUT2D eigenvalue weighted by molar-refractivity contribution is 7.16. The Morgan fingerprint density at radius 3 is 2.74 bits per heavy atom. The molecule has 0 amide bonds. The van der Waals surface area contributed by atoms with Gasteiger partial charge in [0.25, 0.3) is 0 Å². The van der Waals surface area contributed by atoms with Crippen LogP contribution in [0.3, 0.4) is 0 Å². The molecule has 0 spiro atoms. The Balaban J connectivity index is 2.37. The van der Waals surface area contributed by atoms with E-state index in [4.69, 9.17) is 16.9 Å². The minimum atomic E-state index is 0.432. The van der Waals surface area contributed by atoms with Crippen LogP contribution in [0.2, 0.25) is 5.02 Å². The third kappa shape index (κ3) is 3.57. The van der Waals surface area contributed by atoms with Gasteiger partial charge in [-0.2, -0.15) is 5.26 Å². The number of benzene rings is 1. The van der Waals surface area contributed by atoms with Gasteiger partial charge in [-0.3, -0.25) is 0 Å². The molecule has 0 fully saturated rings. The monoisotopic (exact) mass is 290 g/mol. The standard InChI is InChI=1S/C15H15ClN2S/c1-10(2)18-9-11-3-4-12(16)7-14(11)15-6-5-13(8-17)19-15/h3-7,10,18H,9H2,1-2H3. The van der Waals surface area contributed by atoms with Crippen LogP contribution in [0.5, 0.6) is 0 Å². The molecule has 19 heavy (non-hydrogen) atoms. The van der Waals surface area contributed by atoms with Gasteiger partial charge in [0.1, 0.15) is 10.9 Å². The summed E-state index contributed by atoms with van der Waals surface area (Å²) in [6.45, 7) is 5.03. The van der Waals surface area contributed by atoms with Gasteiger partial charge in [-0.25, -0.2) is 0 Å². The summed E-state index contributed by atoms with van der Waals surface area (Å²) in [5, 5.41) is 13.0. The number of hydrogen-bond acceptors (Lipinski definition) is 3. The molecule has 2 aromatic rings. The quantitative estimate of drug-likeness (QED) is 0.904. The molecule has 2 rings (SSSR count). The fourth-order valence-electron chi connectivity index (χ4n) is 1.79. The van der Waals surface area contributed by atoms with Crippen LogP contribution in [0.25, 0.3) is 10.4 Å². The van der Waals surface area contributed by atoms with E-state index in [1.54, 1.807) is 0 Å². The summed E-state index contributed by atoms with van der Waals surface area (Å²) in [4.78, 5) is 1.80. The third-order valence-electron chi connectivity index (χ3n) is 2.75. The molecule has 4 heteroatoms. The van der Waals surface area contributed by atoms with Crippen molar-refractivity contribution in [3.8, 4) is 16.5 Å². The normalized spacial score (nSPS) is 10.7. The van der Waals surface area contributed by atoms with Gasteiger partial charge in [-0.1, -0.05) is 31.5 Å². The van der Waals surface area contributed by atoms with E-state index in [1.165, 1.54) is 16.9 Å². The highest BCUT2D eigenvalue weighted by Crippen LogP contribution is 2.32. The Kier molecular flexibility index (Phi) is 4.60. The molecule has 2 nitrogen and oxygen atoms in total. The lowest BCUT2D eigenvalue weighted by molar-refractivity contribution is 0.589. The van der Waals surface area contributed by atoms with Crippen LogP contribution in [-0.2, 0) is 6.54 Å². The summed E-state index contributed by atoms with van der Waals surface area (Å²) in [7, 11) is 0. The largest absolute Gasteiger partial charge is 0.310 e. The lowest BCUT2D eigenvalue weighted by Gasteiger charge is -2.12. The second-order valence-corrected chi connectivity index (χ2v) is 6.13. The van der Waals surface area contributed by atoms with Gasteiger partial charge in [0.15, 0.2) is 0 Å². The molecule has 1 aromatic heterocycles. The summed E-state index contributed by atoms with van der Waals surface area (Å²) < 4.78 is 0. The summed E-state index contributed by atoms with van der Waals surface area (Å²) in [6, 6.07) is 12.3. The van der Waals surface area contributed by atoms with Gasteiger partial charge < -0.3 is 5.32 Å². The van der Waals surface area contributed by atoms with Crippen LogP contribution in [0.15, 0.2) is 30.3 Å². The average Bonchev–Trinajstić information content (AvgIpc) is 2.85. The minimum Gasteiger partial charge on any atom is -0.310 e. The van der Waals surface area contributed by atoms with Crippen LogP contribution in [0, 0.1) is 11.3 Å². The van der Waals surface area contributed by atoms with Crippen LogP contribution >= 0.6 is 22.9 Å².